The molecule has 1 aromatic carbocycles. The SMILES string of the molecule is O=C(CSc1ncnc2ccccc12)NC[C@H]1CCCO1. The van der Waals surface area contributed by atoms with E-state index in [4.69, 9.17) is 4.74 Å². The molecule has 1 aliphatic rings. The molecule has 1 atom stereocenters. The molecule has 0 radical (unpaired) electrons. The maximum atomic E-state index is 11.9. The van der Waals surface area contributed by atoms with E-state index in [1.54, 1.807) is 0 Å². The van der Waals surface area contributed by atoms with E-state index in [9.17, 15) is 4.79 Å². The molecule has 21 heavy (non-hydrogen) atoms. The third-order valence-electron chi connectivity index (χ3n) is 3.40. The van der Waals surface area contributed by atoms with Gasteiger partial charge in [0.2, 0.25) is 5.91 Å². The molecule has 1 fully saturated rings. The first-order valence-electron chi connectivity index (χ1n) is 7.04. The lowest BCUT2D eigenvalue weighted by atomic mass is 10.2. The van der Waals surface area contributed by atoms with Crippen LogP contribution in [0.5, 0.6) is 0 Å². The van der Waals surface area contributed by atoms with Crippen LogP contribution < -0.4 is 5.32 Å². The highest BCUT2D eigenvalue weighted by Gasteiger charge is 2.16. The number of para-hydroxylation sites is 1. The quantitative estimate of drug-likeness (QED) is 0.676. The second-order valence-electron chi connectivity index (χ2n) is 4.92. The number of benzene rings is 1. The summed E-state index contributed by atoms with van der Waals surface area (Å²) in [6.45, 7) is 1.41. The fourth-order valence-corrected chi connectivity index (χ4v) is 3.13. The summed E-state index contributed by atoms with van der Waals surface area (Å²) < 4.78 is 5.48. The topological polar surface area (TPSA) is 64.1 Å². The first-order chi connectivity index (χ1) is 10.3. The molecule has 2 aromatic rings. The Bertz CT molecular complexity index is 624. The Kier molecular flexibility index (Phi) is 4.67. The minimum Gasteiger partial charge on any atom is -0.376 e. The Morgan fingerprint density at radius 2 is 2.29 bits per heavy atom. The molecule has 1 aliphatic heterocycles. The second-order valence-corrected chi connectivity index (χ2v) is 5.89. The molecule has 0 unspecified atom stereocenters. The summed E-state index contributed by atoms with van der Waals surface area (Å²) in [7, 11) is 0. The Hall–Kier alpha value is -1.66. The van der Waals surface area contributed by atoms with E-state index in [1.807, 2.05) is 24.3 Å². The molecule has 1 N–H and O–H groups in total. The van der Waals surface area contributed by atoms with Crippen molar-refractivity contribution in [2.45, 2.75) is 24.0 Å². The highest BCUT2D eigenvalue weighted by Crippen LogP contribution is 2.23. The van der Waals surface area contributed by atoms with Gasteiger partial charge in [-0.25, -0.2) is 9.97 Å². The Morgan fingerprint density at radius 1 is 1.38 bits per heavy atom. The average Bonchev–Trinajstić information content (AvgIpc) is 3.04. The van der Waals surface area contributed by atoms with Gasteiger partial charge in [-0.2, -0.15) is 0 Å². The zero-order chi connectivity index (χ0) is 14.5. The number of thioether (sulfide) groups is 1. The number of hydrogen-bond acceptors (Lipinski definition) is 5. The van der Waals surface area contributed by atoms with Gasteiger partial charge in [-0.1, -0.05) is 30.0 Å². The van der Waals surface area contributed by atoms with Gasteiger partial charge >= 0.3 is 0 Å². The summed E-state index contributed by atoms with van der Waals surface area (Å²) in [6.07, 6.45) is 3.83. The lowest BCUT2D eigenvalue weighted by Gasteiger charge is -2.10. The second kappa shape index (κ2) is 6.87. The Morgan fingerprint density at radius 3 is 3.14 bits per heavy atom. The molecule has 0 aliphatic carbocycles. The number of nitrogens with zero attached hydrogens (tertiary/aromatic N) is 2. The number of fused-ring (bicyclic) bond motifs is 1. The van der Waals surface area contributed by atoms with Crippen LogP contribution in [-0.2, 0) is 9.53 Å². The lowest BCUT2D eigenvalue weighted by Crippen LogP contribution is -2.32. The maximum absolute atomic E-state index is 11.9. The number of ether oxygens (including phenoxy) is 1. The first kappa shape index (κ1) is 14.3. The van der Waals surface area contributed by atoms with Gasteiger partial charge in [-0.05, 0) is 18.9 Å². The summed E-state index contributed by atoms with van der Waals surface area (Å²) >= 11 is 1.44. The molecule has 1 amide bonds. The monoisotopic (exact) mass is 303 g/mol. The van der Waals surface area contributed by atoms with E-state index in [0.717, 1.165) is 35.4 Å². The number of carbonyl (C=O) groups excluding carboxylic acids is 1. The van der Waals surface area contributed by atoms with Crippen molar-refractivity contribution in [2.24, 2.45) is 0 Å². The number of nitrogens with one attached hydrogen (secondary N) is 1. The summed E-state index contributed by atoms with van der Waals surface area (Å²) in [5, 5.41) is 4.74. The smallest absolute Gasteiger partial charge is 0.230 e. The molecule has 0 bridgehead atoms. The predicted octanol–water partition coefficient (Wildman–Crippen LogP) is 2.02. The first-order valence-corrected chi connectivity index (χ1v) is 8.02. The third-order valence-corrected chi connectivity index (χ3v) is 4.40. The number of carbonyl (C=O) groups is 1. The van der Waals surface area contributed by atoms with Gasteiger partial charge < -0.3 is 10.1 Å². The van der Waals surface area contributed by atoms with Crippen LogP contribution in [0.3, 0.4) is 0 Å². The molecule has 1 saturated heterocycles. The van der Waals surface area contributed by atoms with Crippen LogP contribution in [0.2, 0.25) is 0 Å². The van der Waals surface area contributed by atoms with Crippen molar-refractivity contribution in [1.29, 1.82) is 0 Å². The molecular weight excluding hydrogens is 286 g/mol. The van der Waals surface area contributed by atoms with Crippen LogP contribution in [0, 0.1) is 0 Å². The minimum absolute atomic E-state index is 0.0122. The predicted molar refractivity (Wildman–Crippen MR) is 82.2 cm³/mol. The number of aromatic nitrogens is 2. The molecule has 1 aromatic heterocycles. The van der Waals surface area contributed by atoms with Crippen molar-refractivity contribution in [3.63, 3.8) is 0 Å². The normalized spacial score (nSPS) is 18.0. The van der Waals surface area contributed by atoms with E-state index in [2.05, 4.69) is 15.3 Å². The number of amides is 1. The summed E-state index contributed by atoms with van der Waals surface area (Å²) in [4.78, 5) is 20.4. The fraction of sp³-hybridized carbons (Fsp3) is 0.400. The summed E-state index contributed by atoms with van der Waals surface area (Å²) in [5.74, 6) is 0.367. The van der Waals surface area contributed by atoms with E-state index in [0.29, 0.717) is 12.3 Å². The maximum Gasteiger partial charge on any atom is 0.230 e. The van der Waals surface area contributed by atoms with Crippen molar-refractivity contribution in [2.75, 3.05) is 18.9 Å². The summed E-state index contributed by atoms with van der Waals surface area (Å²) in [6, 6.07) is 7.81. The zero-order valence-electron chi connectivity index (χ0n) is 11.6. The number of rotatable bonds is 5. The largest absolute Gasteiger partial charge is 0.376 e. The van der Waals surface area contributed by atoms with Gasteiger partial charge in [-0.15, -0.1) is 0 Å². The molecule has 110 valence electrons. The van der Waals surface area contributed by atoms with Crippen LogP contribution in [0.1, 0.15) is 12.8 Å². The van der Waals surface area contributed by atoms with Crippen LogP contribution in [0.15, 0.2) is 35.6 Å². The van der Waals surface area contributed by atoms with Crippen LogP contribution in [-0.4, -0.2) is 40.9 Å². The highest BCUT2D eigenvalue weighted by molar-refractivity contribution is 8.00. The van der Waals surface area contributed by atoms with Gasteiger partial charge in [0.1, 0.15) is 11.4 Å². The standard InChI is InChI=1S/C15H17N3O2S/c19-14(16-8-11-4-3-7-20-11)9-21-15-12-5-1-2-6-13(12)17-10-18-15/h1-2,5-6,10-11H,3-4,7-9H2,(H,16,19)/t11-/m1/s1. The summed E-state index contributed by atoms with van der Waals surface area (Å²) in [5.41, 5.74) is 0.898. The van der Waals surface area contributed by atoms with Crippen molar-refractivity contribution in [1.82, 2.24) is 15.3 Å². The van der Waals surface area contributed by atoms with Gasteiger partial charge in [0.15, 0.2) is 0 Å². The molecule has 0 saturated carbocycles. The third kappa shape index (κ3) is 3.71. The zero-order valence-corrected chi connectivity index (χ0v) is 12.4. The van der Waals surface area contributed by atoms with Crippen LogP contribution in [0.4, 0.5) is 0 Å². The number of hydrogen-bond donors (Lipinski definition) is 1. The molecule has 6 heteroatoms. The van der Waals surface area contributed by atoms with Crippen LogP contribution in [0.25, 0.3) is 10.9 Å². The minimum atomic E-state index is 0.0122. The van der Waals surface area contributed by atoms with E-state index < -0.39 is 0 Å². The van der Waals surface area contributed by atoms with Crippen molar-refractivity contribution >= 4 is 28.6 Å². The van der Waals surface area contributed by atoms with E-state index in [1.165, 1.54) is 18.1 Å². The Labute approximate surface area is 127 Å². The van der Waals surface area contributed by atoms with Crippen molar-refractivity contribution in [3.8, 4) is 0 Å². The molecular formula is C15H17N3O2S. The Balaban J connectivity index is 1.54. The van der Waals surface area contributed by atoms with E-state index in [-0.39, 0.29) is 12.0 Å². The van der Waals surface area contributed by atoms with Crippen molar-refractivity contribution in [3.05, 3.63) is 30.6 Å². The molecule has 3 rings (SSSR count). The van der Waals surface area contributed by atoms with Gasteiger partial charge in [0.25, 0.3) is 0 Å². The molecule has 5 nitrogen and oxygen atoms in total. The fourth-order valence-electron chi connectivity index (χ4n) is 2.31. The van der Waals surface area contributed by atoms with E-state index >= 15 is 0 Å². The van der Waals surface area contributed by atoms with Gasteiger partial charge in [0.05, 0.1) is 17.4 Å². The molecule has 0 spiro atoms. The highest BCUT2D eigenvalue weighted by atomic mass is 32.2. The van der Waals surface area contributed by atoms with Crippen LogP contribution >= 0.6 is 11.8 Å². The van der Waals surface area contributed by atoms with Gasteiger partial charge in [-0.3, -0.25) is 4.79 Å². The van der Waals surface area contributed by atoms with Crippen molar-refractivity contribution < 1.29 is 9.53 Å². The lowest BCUT2D eigenvalue weighted by molar-refractivity contribution is -0.119. The van der Waals surface area contributed by atoms with Gasteiger partial charge in [0, 0.05) is 18.5 Å². The molecule has 2 heterocycles. The average molecular weight is 303 g/mol.